The van der Waals surface area contributed by atoms with Gasteiger partial charge in [-0.1, -0.05) is 6.42 Å². The van der Waals surface area contributed by atoms with Crippen molar-refractivity contribution in [2.24, 2.45) is 5.41 Å². The first-order valence-corrected chi connectivity index (χ1v) is 10.7. The third-order valence-corrected chi connectivity index (χ3v) is 6.08. The van der Waals surface area contributed by atoms with Crippen molar-refractivity contribution in [1.82, 2.24) is 15.5 Å². The second-order valence-corrected chi connectivity index (χ2v) is 8.29. The second-order valence-electron chi connectivity index (χ2n) is 8.29. The van der Waals surface area contributed by atoms with Gasteiger partial charge >= 0.3 is 0 Å². The molecular formula is C22H29F2N3O4. The van der Waals surface area contributed by atoms with Crippen LogP contribution in [0.25, 0.3) is 0 Å². The number of carbonyl (C=O) groups is 3. The van der Waals surface area contributed by atoms with Gasteiger partial charge in [-0.2, -0.15) is 0 Å². The molecule has 2 saturated heterocycles. The Hall–Kier alpha value is -2.55. The van der Waals surface area contributed by atoms with Gasteiger partial charge in [0.15, 0.2) is 0 Å². The summed E-state index contributed by atoms with van der Waals surface area (Å²) in [5, 5.41) is 5.56. The molecule has 3 rings (SSSR count). The van der Waals surface area contributed by atoms with Crippen LogP contribution in [0, 0.1) is 17.0 Å². The molecule has 3 amide bonds. The molecule has 1 aromatic carbocycles. The van der Waals surface area contributed by atoms with E-state index in [0.29, 0.717) is 52.1 Å². The number of ether oxygens (including phenoxy) is 1. The van der Waals surface area contributed by atoms with E-state index in [-0.39, 0.29) is 17.4 Å². The molecule has 0 aliphatic carbocycles. The number of hydrogen-bond acceptors (Lipinski definition) is 4. The van der Waals surface area contributed by atoms with Crippen LogP contribution in [-0.4, -0.2) is 61.5 Å². The van der Waals surface area contributed by atoms with Gasteiger partial charge in [0, 0.05) is 37.9 Å². The van der Waals surface area contributed by atoms with Gasteiger partial charge in [0.2, 0.25) is 11.8 Å². The zero-order valence-corrected chi connectivity index (χ0v) is 17.7. The fourth-order valence-electron chi connectivity index (χ4n) is 4.17. The van der Waals surface area contributed by atoms with Crippen molar-refractivity contribution in [2.75, 3.05) is 32.8 Å². The highest BCUT2D eigenvalue weighted by Crippen LogP contribution is 2.37. The van der Waals surface area contributed by atoms with E-state index in [1.807, 2.05) is 0 Å². The van der Waals surface area contributed by atoms with Gasteiger partial charge < -0.3 is 20.3 Å². The van der Waals surface area contributed by atoms with E-state index in [4.69, 9.17) is 4.74 Å². The molecular weight excluding hydrogens is 408 g/mol. The largest absolute Gasteiger partial charge is 0.380 e. The number of nitrogens with zero attached hydrogens (tertiary/aromatic N) is 1. The minimum Gasteiger partial charge on any atom is -0.380 e. The first-order valence-electron chi connectivity index (χ1n) is 10.7. The Labute approximate surface area is 180 Å². The highest BCUT2D eigenvalue weighted by Gasteiger charge is 2.42. The number of likely N-dealkylation sites (tertiary alicyclic amines) is 1. The van der Waals surface area contributed by atoms with Crippen LogP contribution in [-0.2, 0) is 14.3 Å². The molecule has 2 N–H and O–H groups in total. The molecule has 0 unspecified atom stereocenters. The van der Waals surface area contributed by atoms with Crippen molar-refractivity contribution >= 4 is 17.7 Å². The van der Waals surface area contributed by atoms with Crippen LogP contribution < -0.4 is 10.6 Å². The van der Waals surface area contributed by atoms with Gasteiger partial charge in [-0.3, -0.25) is 14.4 Å². The van der Waals surface area contributed by atoms with Crippen molar-refractivity contribution < 1.29 is 27.9 Å². The van der Waals surface area contributed by atoms with E-state index in [1.165, 1.54) is 4.90 Å². The van der Waals surface area contributed by atoms with Crippen LogP contribution in [0.15, 0.2) is 18.2 Å². The molecule has 0 radical (unpaired) electrons. The average molecular weight is 437 g/mol. The second kappa shape index (κ2) is 10.2. The van der Waals surface area contributed by atoms with Crippen LogP contribution in [0.3, 0.4) is 0 Å². The SMILES string of the molecule is C[C@@H]1NC(=O)C2(CCCCOCCNC1=O)CCN(C(=O)c1cc(F)cc(F)c1)CC2. The zero-order chi connectivity index (χ0) is 22.4. The number of amides is 3. The van der Waals surface area contributed by atoms with Crippen LogP contribution in [0.1, 0.15) is 49.4 Å². The Morgan fingerprint density at radius 2 is 1.74 bits per heavy atom. The van der Waals surface area contributed by atoms with Gasteiger partial charge in [-0.25, -0.2) is 8.78 Å². The minimum atomic E-state index is -0.805. The summed E-state index contributed by atoms with van der Waals surface area (Å²) >= 11 is 0. The summed E-state index contributed by atoms with van der Waals surface area (Å²) < 4.78 is 32.5. The van der Waals surface area contributed by atoms with E-state index < -0.39 is 29.0 Å². The zero-order valence-electron chi connectivity index (χ0n) is 17.7. The molecule has 0 saturated carbocycles. The Balaban J connectivity index is 1.71. The monoisotopic (exact) mass is 437 g/mol. The van der Waals surface area contributed by atoms with Crippen molar-refractivity contribution in [3.8, 4) is 0 Å². The van der Waals surface area contributed by atoms with E-state index >= 15 is 0 Å². The van der Waals surface area contributed by atoms with Crippen molar-refractivity contribution in [3.05, 3.63) is 35.4 Å². The molecule has 2 aliphatic rings. The number of carbonyl (C=O) groups excluding carboxylic acids is 3. The Bertz CT molecular complexity index is 805. The lowest BCUT2D eigenvalue weighted by Crippen LogP contribution is -2.54. The third-order valence-electron chi connectivity index (χ3n) is 6.08. The maximum Gasteiger partial charge on any atom is 0.254 e. The third kappa shape index (κ3) is 5.78. The van der Waals surface area contributed by atoms with E-state index in [0.717, 1.165) is 31.0 Å². The smallest absolute Gasteiger partial charge is 0.254 e. The lowest BCUT2D eigenvalue weighted by atomic mass is 9.73. The number of nitrogens with one attached hydrogen (secondary N) is 2. The number of rotatable bonds is 1. The molecule has 0 bridgehead atoms. The molecule has 2 heterocycles. The average Bonchev–Trinajstić information content (AvgIpc) is 2.74. The van der Waals surface area contributed by atoms with Crippen LogP contribution in [0.5, 0.6) is 0 Å². The first-order chi connectivity index (χ1) is 14.8. The van der Waals surface area contributed by atoms with Crippen molar-refractivity contribution in [2.45, 2.75) is 45.1 Å². The first kappa shape index (κ1) is 23.1. The Kier molecular flexibility index (Phi) is 7.59. The highest BCUT2D eigenvalue weighted by atomic mass is 19.1. The maximum absolute atomic E-state index is 13.5. The van der Waals surface area contributed by atoms with Crippen LogP contribution >= 0.6 is 0 Å². The fraction of sp³-hybridized carbons (Fsp3) is 0.591. The number of halogens is 2. The number of hydrogen-bond donors (Lipinski definition) is 2. The molecule has 1 atom stereocenters. The standard InChI is InChI=1S/C22H29F2N3O4/c1-15-19(28)25-7-11-31-10-3-2-4-22(21(30)26-15)5-8-27(9-6-22)20(29)16-12-17(23)14-18(24)13-16/h12-15H,2-11H2,1H3,(H,25,28)(H,26,30)/t15-/m0/s1. The lowest BCUT2D eigenvalue weighted by molar-refractivity contribution is -0.137. The predicted molar refractivity (Wildman–Crippen MR) is 109 cm³/mol. The highest BCUT2D eigenvalue weighted by molar-refractivity contribution is 5.95. The van der Waals surface area contributed by atoms with Gasteiger partial charge in [0.05, 0.1) is 12.0 Å². The summed E-state index contributed by atoms with van der Waals surface area (Å²) in [7, 11) is 0. The molecule has 2 fully saturated rings. The molecule has 7 nitrogen and oxygen atoms in total. The van der Waals surface area contributed by atoms with Gasteiger partial charge in [0.25, 0.3) is 5.91 Å². The summed E-state index contributed by atoms with van der Waals surface area (Å²) in [4.78, 5) is 39.6. The van der Waals surface area contributed by atoms with Gasteiger partial charge in [0.1, 0.15) is 17.7 Å². The Morgan fingerprint density at radius 3 is 2.42 bits per heavy atom. The van der Waals surface area contributed by atoms with Crippen molar-refractivity contribution in [3.63, 3.8) is 0 Å². The molecule has 170 valence electrons. The van der Waals surface area contributed by atoms with Gasteiger partial charge in [-0.05, 0) is 44.7 Å². The van der Waals surface area contributed by atoms with Gasteiger partial charge in [-0.15, -0.1) is 0 Å². The van der Waals surface area contributed by atoms with E-state index in [2.05, 4.69) is 10.6 Å². The molecule has 9 heteroatoms. The summed E-state index contributed by atoms with van der Waals surface area (Å²) in [5.41, 5.74) is -0.748. The summed E-state index contributed by atoms with van der Waals surface area (Å²) in [6, 6.07) is 2.07. The number of piperidine rings is 1. The van der Waals surface area contributed by atoms with E-state index in [9.17, 15) is 23.2 Å². The molecule has 1 aromatic rings. The lowest BCUT2D eigenvalue weighted by Gasteiger charge is -2.41. The van der Waals surface area contributed by atoms with E-state index in [1.54, 1.807) is 6.92 Å². The Morgan fingerprint density at radius 1 is 1.06 bits per heavy atom. The normalized spacial score (nSPS) is 23.2. The number of benzene rings is 1. The van der Waals surface area contributed by atoms with Crippen molar-refractivity contribution in [1.29, 1.82) is 0 Å². The minimum absolute atomic E-state index is 0.0460. The summed E-state index contributed by atoms with van der Waals surface area (Å²) in [5.74, 6) is -2.53. The van der Waals surface area contributed by atoms with Crippen LogP contribution in [0.4, 0.5) is 8.78 Å². The fourth-order valence-corrected chi connectivity index (χ4v) is 4.17. The topological polar surface area (TPSA) is 87.7 Å². The maximum atomic E-state index is 13.5. The van der Waals surface area contributed by atoms with Crippen LogP contribution in [0.2, 0.25) is 0 Å². The molecule has 2 aliphatic heterocycles. The quantitative estimate of drug-likeness (QED) is 0.704. The predicted octanol–water partition coefficient (Wildman–Crippen LogP) is 2.01. The molecule has 0 aromatic heterocycles. The summed E-state index contributed by atoms with van der Waals surface area (Å²) in [6.07, 6.45) is 3.03. The molecule has 1 spiro atoms. The summed E-state index contributed by atoms with van der Waals surface area (Å²) in [6.45, 7) is 3.59. The molecule has 31 heavy (non-hydrogen) atoms.